The molecule has 0 unspecified atom stereocenters. The van der Waals surface area contributed by atoms with Crippen molar-refractivity contribution in [1.82, 2.24) is 0 Å². The third-order valence-electron chi connectivity index (χ3n) is 0.423. The largest absolute Gasteiger partial charge is 0.475 e. The van der Waals surface area contributed by atoms with Crippen molar-refractivity contribution in [2.24, 2.45) is 0 Å². The lowest BCUT2D eigenvalue weighted by Gasteiger charge is -1.91. The molecule has 0 aromatic heterocycles. The first-order chi connectivity index (χ1) is 4.04. The van der Waals surface area contributed by atoms with Gasteiger partial charge in [0, 0.05) is 0 Å². The van der Waals surface area contributed by atoms with Crippen molar-refractivity contribution in [3.8, 4) is 0 Å². The molecule has 0 bridgehead atoms. The number of carboxylic acids is 1. The van der Waals surface area contributed by atoms with E-state index in [0.717, 1.165) is 0 Å². The van der Waals surface area contributed by atoms with E-state index in [4.69, 9.17) is 5.11 Å². The lowest BCUT2D eigenvalue weighted by atomic mass is 10.6. The van der Waals surface area contributed by atoms with Crippen molar-refractivity contribution in [2.75, 3.05) is 0 Å². The number of hydrogen-bond acceptors (Lipinski definition) is 4. The van der Waals surface area contributed by atoms with Gasteiger partial charge in [0.1, 0.15) is 0 Å². The smallest absolute Gasteiger partial charge is 0.372 e. The molecule has 0 rings (SSSR count). The molecule has 0 aromatic carbocycles. The van der Waals surface area contributed by atoms with E-state index in [0.29, 0.717) is 0 Å². The van der Waals surface area contributed by atoms with Gasteiger partial charge in [0.2, 0.25) is 5.76 Å². The Kier molecular flexibility index (Phi) is 2.72. The predicted molar refractivity (Wildman–Crippen MR) is 28.2 cm³/mol. The molecule has 0 saturated heterocycles. The Morgan fingerprint density at radius 2 is 2.00 bits per heavy atom. The van der Waals surface area contributed by atoms with Crippen LogP contribution in [-0.4, -0.2) is 19.5 Å². The Bertz CT molecular complexity index is 194. The zero-order valence-electron chi connectivity index (χ0n) is 4.23. The SMILES string of the molecule is C=C(O[SH](=O)=O)C(=O)O. The Labute approximate surface area is 52.7 Å². The van der Waals surface area contributed by atoms with Crippen LogP contribution in [0.3, 0.4) is 0 Å². The maximum absolute atomic E-state index is 9.74. The summed E-state index contributed by atoms with van der Waals surface area (Å²) in [6, 6.07) is 0. The Hall–Kier alpha value is -1.04. The van der Waals surface area contributed by atoms with Crippen molar-refractivity contribution < 1.29 is 22.5 Å². The number of thiol groups is 1. The quantitative estimate of drug-likeness (QED) is 0.312. The van der Waals surface area contributed by atoms with Gasteiger partial charge in [-0.05, 0) is 6.58 Å². The minimum Gasteiger partial charge on any atom is -0.475 e. The van der Waals surface area contributed by atoms with Crippen LogP contribution in [0.25, 0.3) is 0 Å². The number of aliphatic carboxylic acids is 1. The summed E-state index contributed by atoms with van der Waals surface area (Å²) in [6.45, 7) is 2.79. The highest BCUT2D eigenvalue weighted by Crippen LogP contribution is 1.90. The van der Waals surface area contributed by atoms with E-state index in [1.165, 1.54) is 0 Å². The van der Waals surface area contributed by atoms with Crippen molar-refractivity contribution in [3.05, 3.63) is 12.3 Å². The van der Waals surface area contributed by atoms with E-state index >= 15 is 0 Å². The first kappa shape index (κ1) is 7.96. The van der Waals surface area contributed by atoms with Crippen LogP contribution < -0.4 is 0 Å². The lowest BCUT2D eigenvalue weighted by molar-refractivity contribution is -0.134. The van der Waals surface area contributed by atoms with Crippen LogP contribution in [-0.2, 0) is 20.0 Å². The topological polar surface area (TPSA) is 80.7 Å². The van der Waals surface area contributed by atoms with Crippen LogP contribution >= 0.6 is 0 Å². The maximum atomic E-state index is 9.74. The van der Waals surface area contributed by atoms with E-state index < -0.39 is 22.7 Å². The maximum Gasteiger partial charge on any atom is 0.372 e. The first-order valence-electron chi connectivity index (χ1n) is 1.78. The molecule has 0 heterocycles. The van der Waals surface area contributed by atoms with Crippen LogP contribution in [0.5, 0.6) is 0 Å². The summed E-state index contributed by atoms with van der Waals surface area (Å²) in [7, 11) is -3.15. The zero-order valence-corrected chi connectivity index (χ0v) is 5.13. The molecule has 52 valence electrons. The molecule has 1 N–H and O–H groups in total. The van der Waals surface area contributed by atoms with E-state index in [1.54, 1.807) is 0 Å². The lowest BCUT2D eigenvalue weighted by Crippen LogP contribution is -2.01. The van der Waals surface area contributed by atoms with Crippen molar-refractivity contribution in [2.45, 2.75) is 0 Å². The number of hydrogen-bond donors (Lipinski definition) is 2. The van der Waals surface area contributed by atoms with Crippen LogP contribution in [0.15, 0.2) is 12.3 Å². The molecular formula is C3H4O5S. The average Bonchev–Trinajstić information content (AvgIpc) is 1.63. The molecule has 0 amide bonds. The van der Waals surface area contributed by atoms with Crippen LogP contribution in [0.1, 0.15) is 0 Å². The highest BCUT2D eigenvalue weighted by molar-refractivity contribution is 7.67. The molecule has 6 heteroatoms. The van der Waals surface area contributed by atoms with E-state index in [2.05, 4.69) is 10.8 Å². The second kappa shape index (κ2) is 3.08. The predicted octanol–water partition coefficient (Wildman–Crippen LogP) is -0.872. The van der Waals surface area contributed by atoms with Gasteiger partial charge in [-0.3, -0.25) is 0 Å². The van der Waals surface area contributed by atoms with E-state index in [1.807, 2.05) is 0 Å². The summed E-state index contributed by atoms with van der Waals surface area (Å²) in [5, 5.41) is 7.94. The third-order valence-corrected chi connectivity index (χ3v) is 0.793. The van der Waals surface area contributed by atoms with Gasteiger partial charge in [-0.2, -0.15) is 8.42 Å². The molecule has 0 atom stereocenters. The molecule has 0 spiro atoms. The summed E-state index contributed by atoms with van der Waals surface area (Å²) in [5.41, 5.74) is 0. The average molecular weight is 152 g/mol. The van der Waals surface area contributed by atoms with Crippen LogP contribution in [0.2, 0.25) is 0 Å². The zero-order chi connectivity index (χ0) is 7.44. The van der Waals surface area contributed by atoms with Gasteiger partial charge in [0.25, 0.3) is 11.0 Å². The van der Waals surface area contributed by atoms with Gasteiger partial charge in [-0.15, -0.1) is 0 Å². The molecule has 0 saturated carbocycles. The standard InChI is InChI=1S/C3H4O5S/c1-2(3(4)5)8-9(6)7/h9H,1H2,(H,4,5). The summed E-state index contributed by atoms with van der Waals surface area (Å²) >= 11 is 0. The Balaban J connectivity index is 3.94. The van der Waals surface area contributed by atoms with Crippen molar-refractivity contribution in [3.63, 3.8) is 0 Å². The molecule has 0 aliphatic rings. The van der Waals surface area contributed by atoms with Crippen LogP contribution in [0.4, 0.5) is 0 Å². The highest BCUT2D eigenvalue weighted by Gasteiger charge is 2.04. The molecule has 0 radical (unpaired) electrons. The molecule has 0 aromatic rings. The fraction of sp³-hybridized carbons (Fsp3) is 0. The monoisotopic (exact) mass is 152 g/mol. The van der Waals surface area contributed by atoms with Gasteiger partial charge in [-0.1, -0.05) is 0 Å². The number of rotatable bonds is 3. The highest BCUT2D eigenvalue weighted by atomic mass is 32.2. The number of carbonyl (C=O) groups is 1. The molecular weight excluding hydrogens is 148 g/mol. The summed E-state index contributed by atoms with van der Waals surface area (Å²) in [4.78, 5) is 9.74. The second-order valence-electron chi connectivity index (χ2n) is 1.04. The molecule has 0 fully saturated rings. The van der Waals surface area contributed by atoms with Crippen molar-refractivity contribution in [1.29, 1.82) is 0 Å². The van der Waals surface area contributed by atoms with Gasteiger partial charge < -0.3 is 9.29 Å². The fourth-order valence-corrected chi connectivity index (χ4v) is 0.387. The summed E-state index contributed by atoms with van der Waals surface area (Å²) in [5.74, 6) is -2.29. The minimum absolute atomic E-state index is 0.800. The van der Waals surface area contributed by atoms with E-state index in [-0.39, 0.29) is 0 Å². The molecule has 9 heavy (non-hydrogen) atoms. The van der Waals surface area contributed by atoms with Crippen molar-refractivity contribution >= 4 is 17.0 Å². The summed E-state index contributed by atoms with van der Waals surface area (Å²) in [6.07, 6.45) is 0. The summed E-state index contributed by atoms with van der Waals surface area (Å²) < 4.78 is 22.9. The van der Waals surface area contributed by atoms with E-state index in [9.17, 15) is 13.2 Å². The van der Waals surface area contributed by atoms with Gasteiger partial charge in [-0.25, -0.2) is 4.79 Å². The Morgan fingerprint density at radius 1 is 1.56 bits per heavy atom. The second-order valence-corrected chi connectivity index (χ2v) is 1.67. The molecule has 0 aliphatic heterocycles. The minimum atomic E-state index is -3.15. The first-order valence-corrected chi connectivity index (χ1v) is 2.88. The number of carboxylic acid groups (broad SMARTS) is 1. The Morgan fingerprint density at radius 3 is 2.11 bits per heavy atom. The molecule has 0 aliphatic carbocycles. The van der Waals surface area contributed by atoms with Crippen LogP contribution in [0, 0.1) is 0 Å². The van der Waals surface area contributed by atoms with Gasteiger partial charge in [0.05, 0.1) is 0 Å². The van der Waals surface area contributed by atoms with Gasteiger partial charge >= 0.3 is 5.97 Å². The van der Waals surface area contributed by atoms with Gasteiger partial charge in [0.15, 0.2) is 0 Å². The fourth-order valence-electron chi connectivity index (χ4n) is 0.129. The molecule has 5 nitrogen and oxygen atoms in total. The normalized spacial score (nSPS) is 9.00. The third kappa shape index (κ3) is 3.53.